The smallest absolute Gasteiger partial charge is 0.0727 e. The van der Waals surface area contributed by atoms with Gasteiger partial charge >= 0.3 is 0 Å². The van der Waals surface area contributed by atoms with E-state index in [1.54, 1.807) is 0 Å². The number of rotatable bonds is 1. The average molecular weight is 223 g/mol. The number of nitrogens with two attached hydrogens (primary N) is 1. The lowest BCUT2D eigenvalue weighted by Crippen LogP contribution is -2.31. The highest BCUT2D eigenvalue weighted by Gasteiger charge is 2.33. The highest BCUT2D eigenvalue weighted by molar-refractivity contribution is 7.12. The maximum absolute atomic E-state index is 6.46. The van der Waals surface area contributed by atoms with E-state index in [-0.39, 0.29) is 5.54 Å². The lowest BCUT2D eigenvalue weighted by atomic mass is 9.96. The molecule has 1 saturated carbocycles. The largest absolute Gasteiger partial charge is 0.376 e. The second-order valence-electron chi connectivity index (χ2n) is 4.72. The van der Waals surface area contributed by atoms with Crippen LogP contribution in [0.1, 0.15) is 41.0 Å². The molecule has 2 aliphatic rings. The summed E-state index contributed by atoms with van der Waals surface area (Å²) in [5, 5.41) is 0. The topological polar surface area (TPSA) is 35.2 Å². The van der Waals surface area contributed by atoms with E-state index in [4.69, 9.17) is 10.5 Å². The first kappa shape index (κ1) is 9.82. The molecule has 2 heterocycles. The zero-order valence-electron chi connectivity index (χ0n) is 8.92. The van der Waals surface area contributed by atoms with Crippen molar-refractivity contribution >= 4 is 11.3 Å². The van der Waals surface area contributed by atoms with Crippen LogP contribution in [0, 0.1) is 0 Å². The van der Waals surface area contributed by atoms with Crippen molar-refractivity contribution in [3.05, 3.63) is 21.4 Å². The SMILES string of the molecule is NC1(c2cc3c(s2)CCOC3)CCCC1. The van der Waals surface area contributed by atoms with Gasteiger partial charge in [-0.15, -0.1) is 11.3 Å². The van der Waals surface area contributed by atoms with Gasteiger partial charge in [0.1, 0.15) is 0 Å². The van der Waals surface area contributed by atoms with Gasteiger partial charge in [-0.3, -0.25) is 0 Å². The fourth-order valence-electron chi connectivity index (χ4n) is 2.64. The van der Waals surface area contributed by atoms with Crippen LogP contribution in [0.3, 0.4) is 0 Å². The Morgan fingerprint density at radius 3 is 2.87 bits per heavy atom. The molecule has 1 aromatic rings. The standard InChI is InChI=1S/C12H17NOS/c13-12(4-1-2-5-12)11-7-9-8-14-6-3-10(9)15-11/h7H,1-6,8,13H2. The van der Waals surface area contributed by atoms with E-state index >= 15 is 0 Å². The van der Waals surface area contributed by atoms with Crippen molar-refractivity contribution in [1.82, 2.24) is 0 Å². The predicted octanol–water partition coefficient (Wildman–Crippen LogP) is 2.55. The first-order valence-corrected chi connectivity index (χ1v) is 6.58. The third kappa shape index (κ3) is 1.63. The minimum Gasteiger partial charge on any atom is -0.376 e. The number of hydrogen-bond donors (Lipinski definition) is 1. The lowest BCUT2D eigenvalue weighted by Gasteiger charge is -2.21. The first-order valence-electron chi connectivity index (χ1n) is 5.77. The highest BCUT2D eigenvalue weighted by atomic mass is 32.1. The van der Waals surface area contributed by atoms with Crippen LogP contribution in [0.25, 0.3) is 0 Å². The van der Waals surface area contributed by atoms with Crippen molar-refractivity contribution < 1.29 is 4.74 Å². The molecule has 0 amide bonds. The van der Waals surface area contributed by atoms with Gasteiger partial charge in [-0.25, -0.2) is 0 Å². The van der Waals surface area contributed by atoms with E-state index in [9.17, 15) is 0 Å². The van der Waals surface area contributed by atoms with Crippen molar-refractivity contribution in [3.63, 3.8) is 0 Å². The summed E-state index contributed by atoms with van der Waals surface area (Å²) in [6, 6.07) is 2.30. The third-order valence-corrected chi connectivity index (χ3v) is 5.07. The van der Waals surface area contributed by atoms with Crippen molar-refractivity contribution in [3.8, 4) is 0 Å². The Bertz CT molecular complexity index is 342. The molecule has 0 aromatic carbocycles. The molecule has 3 heteroatoms. The maximum Gasteiger partial charge on any atom is 0.0727 e. The fourth-order valence-corrected chi connectivity index (χ4v) is 3.95. The monoisotopic (exact) mass is 223 g/mol. The summed E-state index contributed by atoms with van der Waals surface area (Å²) in [6.45, 7) is 1.67. The summed E-state index contributed by atoms with van der Waals surface area (Å²) in [5.74, 6) is 0. The molecule has 15 heavy (non-hydrogen) atoms. The van der Waals surface area contributed by atoms with Gasteiger partial charge in [0.2, 0.25) is 0 Å². The van der Waals surface area contributed by atoms with Gasteiger partial charge in [-0.05, 0) is 24.5 Å². The predicted molar refractivity (Wildman–Crippen MR) is 62.0 cm³/mol. The molecule has 0 spiro atoms. The molecule has 0 radical (unpaired) electrons. The summed E-state index contributed by atoms with van der Waals surface area (Å²) in [5.41, 5.74) is 7.84. The van der Waals surface area contributed by atoms with Gasteiger partial charge in [0.15, 0.2) is 0 Å². The van der Waals surface area contributed by atoms with Gasteiger partial charge in [0.25, 0.3) is 0 Å². The van der Waals surface area contributed by atoms with Crippen LogP contribution in [0.15, 0.2) is 6.07 Å². The molecular weight excluding hydrogens is 206 g/mol. The summed E-state index contributed by atoms with van der Waals surface area (Å²) < 4.78 is 5.47. The van der Waals surface area contributed by atoms with Gasteiger partial charge in [0.05, 0.1) is 18.8 Å². The van der Waals surface area contributed by atoms with E-state index in [2.05, 4.69) is 6.07 Å². The van der Waals surface area contributed by atoms with Crippen molar-refractivity contribution in [1.29, 1.82) is 0 Å². The summed E-state index contributed by atoms with van der Waals surface area (Å²) in [4.78, 5) is 2.91. The summed E-state index contributed by atoms with van der Waals surface area (Å²) >= 11 is 1.93. The molecule has 1 aliphatic heterocycles. The molecule has 0 atom stereocenters. The number of ether oxygens (including phenoxy) is 1. The van der Waals surface area contributed by atoms with E-state index < -0.39 is 0 Å². The van der Waals surface area contributed by atoms with E-state index in [0.717, 1.165) is 32.5 Å². The van der Waals surface area contributed by atoms with Crippen molar-refractivity contribution in [2.75, 3.05) is 6.61 Å². The number of thiophene rings is 1. The Hall–Kier alpha value is -0.380. The maximum atomic E-state index is 6.46. The first-order chi connectivity index (χ1) is 7.28. The molecule has 1 aliphatic carbocycles. The van der Waals surface area contributed by atoms with Crippen LogP contribution in [0.4, 0.5) is 0 Å². The zero-order chi connectivity index (χ0) is 10.3. The Morgan fingerprint density at radius 2 is 2.13 bits per heavy atom. The molecule has 1 fully saturated rings. The van der Waals surface area contributed by atoms with Gasteiger partial charge in [-0.1, -0.05) is 12.8 Å². The normalized spacial score (nSPS) is 24.1. The molecule has 82 valence electrons. The van der Waals surface area contributed by atoms with Gasteiger partial charge in [-0.2, -0.15) is 0 Å². The van der Waals surface area contributed by atoms with Gasteiger partial charge in [0, 0.05) is 16.2 Å². The number of hydrogen-bond acceptors (Lipinski definition) is 3. The molecule has 0 bridgehead atoms. The van der Waals surface area contributed by atoms with E-state index in [0.29, 0.717) is 0 Å². The Balaban J connectivity index is 1.95. The number of fused-ring (bicyclic) bond motifs is 1. The van der Waals surface area contributed by atoms with Crippen LogP contribution >= 0.6 is 11.3 Å². The molecule has 2 N–H and O–H groups in total. The molecular formula is C12H17NOS. The minimum atomic E-state index is -0.0119. The molecule has 1 aromatic heterocycles. The molecule has 0 unspecified atom stereocenters. The Kier molecular flexibility index (Phi) is 2.34. The van der Waals surface area contributed by atoms with Crippen LogP contribution < -0.4 is 5.73 Å². The van der Waals surface area contributed by atoms with E-state index in [1.807, 2.05) is 11.3 Å². The molecule has 3 rings (SSSR count). The molecule has 2 nitrogen and oxygen atoms in total. The van der Waals surface area contributed by atoms with Crippen LogP contribution in [-0.4, -0.2) is 6.61 Å². The summed E-state index contributed by atoms with van der Waals surface area (Å²) in [7, 11) is 0. The molecule has 0 saturated heterocycles. The van der Waals surface area contributed by atoms with Gasteiger partial charge < -0.3 is 10.5 Å². The Morgan fingerprint density at radius 1 is 1.33 bits per heavy atom. The summed E-state index contributed by atoms with van der Waals surface area (Å²) in [6.07, 6.45) is 5.97. The average Bonchev–Trinajstić information content (AvgIpc) is 2.84. The van der Waals surface area contributed by atoms with Crippen LogP contribution in [-0.2, 0) is 23.3 Å². The highest BCUT2D eigenvalue weighted by Crippen LogP contribution is 2.41. The lowest BCUT2D eigenvalue weighted by molar-refractivity contribution is 0.112. The third-order valence-electron chi connectivity index (χ3n) is 3.61. The van der Waals surface area contributed by atoms with Crippen molar-refractivity contribution in [2.24, 2.45) is 5.73 Å². The second-order valence-corrected chi connectivity index (χ2v) is 5.86. The Labute approximate surface area is 94.4 Å². The fraction of sp³-hybridized carbons (Fsp3) is 0.667. The van der Waals surface area contributed by atoms with Crippen molar-refractivity contribution in [2.45, 2.75) is 44.2 Å². The quantitative estimate of drug-likeness (QED) is 0.794. The van der Waals surface area contributed by atoms with E-state index in [1.165, 1.54) is 28.2 Å². The second kappa shape index (κ2) is 3.58. The minimum absolute atomic E-state index is 0.0119. The van der Waals surface area contributed by atoms with Crippen LogP contribution in [0.2, 0.25) is 0 Å². The zero-order valence-corrected chi connectivity index (χ0v) is 9.74. The van der Waals surface area contributed by atoms with Crippen LogP contribution in [0.5, 0.6) is 0 Å².